The van der Waals surface area contributed by atoms with Crippen LogP contribution in [0.5, 0.6) is 0 Å². The zero-order valence-corrected chi connectivity index (χ0v) is 15.1. The average molecular weight is 336 g/mol. The number of allylic oxidation sites excluding steroid dienone is 6. The van der Waals surface area contributed by atoms with Gasteiger partial charge in [-0.15, -0.1) is 0 Å². The van der Waals surface area contributed by atoms with E-state index in [0.717, 1.165) is 11.3 Å². The highest BCUT2D eigenvalue weighted by molar-refractivity contribution is 6.05. The first-order valence-electron chi connectivity index (χ1n) is 8.54. The second kappa shape index (κ2) is 9.07. The molecule has 0 spiro atoms. The smallest absolute Gasteiger partial charge is 0.161 e. The Bertz CT molecular complexity index is 766. The Morgan fingerprint density at radius 1 is 1.32 bits per heavy atom. The largest absolute Gasteiger partial charge is 0.244 e. The number of aryl methyl sites for hydroxylation is 1. The Morgan fingerprint density at radius 2 is 2.08 bits per heavy atom. The lowest BCUT2D eigenvalue weighted by Gasteiger charge is -2.21. The van der Waals surface area contributed by atoms with Crippen molar-refractivity contribution >= 4 is 18.2 Å². The number of hydrogen-bond acceptors (Lipinski definition) is 1. The maximum atomic E-state index is 14.7. The number of hydrogen-bond donors (Lipinski definition) is 0. The summed E-state index contributed by atoms with van der Waals surface area (Å²) in [5, 5.41) is 0. The van der Waals surface area contributed by atoms with Gasteiger partial charge in [0.25, 0.3) is 0 Å². The molecule has 0 aromatic heterocycles. The molecular formula is C22H25FN2. The molecule has 1 aromatic rings. The van der Waals surface area contributed by atoms with Gasteiger partial charge in [-0.3, -0.25) is 0 Å². The molecule has 1 aliphatic carbocycles. The summed E-state index contributed by atoms with van der Waals surface area (Å²) in [5.74, 6) is 0.542. The highest BCUT2D eigenvalue weighted by Crippen LogP contribution is 2.32. The predicted octanol–water partition coefficient (Wildman–Crippen LogP) is 6.29. The quantitative estimate of drug-likeness (QED) is 0.343. The van der Waals surface area contributed by atoms with Gasteiger partial charge in [0.2, 0.25) is 0 Å². The Labute approximate surface area is 149 Å². The second-order valence-corrected chi connectivity index (χ2v) is 6.20. The lowest BCUT2D eigenvalue weighted by Crippen LogP contribution is -2.13. The second-order valence-electron chi connectivity index (χ2n) is 6.20. The van der Waals surface area contributed by atoms with E-state index in [9.17, 15) is 4.39 Å². The van der Waals surface area contributed by atoms with Crippen molar-refractivity contribution in [2.24, 2.45) is 21.8 Å². The van der Waals surface area contributed by atoms with Crippen molar-refractivity contribution in [3.8, 4) is 0 Å². The summed E-state index contributed by atoms with van der Waals surface area (Å²) >= 11 is 0. The van der Waals surface area contributed by atoms with Gasteiger partial charge < -0.3 is 0 Å². The lowest BCUT2D eigenvalue weighted by atomic mass is 9.85. The van der Waals surface area contributed by atoms with Gasteiger partial charge in [-0.2, -0.15) is 0 Å². The Kier molecular flexibility index (Phi) is 6.81. The maximum Gasteiger partial charge on any atom is 0.161 e. The van der Waals surface area contributed by atoms with Crippen LogP contribution in [0.15, 0.2) is 82.1 Å². The fraction of sp³-hybridized carbons (Fsp3) is 0.273. The van der Waals surface area contributed by atoms with E-state index >= 15 is 0 Å². The van der Waals surface area contributed by atoms with Crippen LogP contribution < -0.4 is 0 Å². The Hall–Kier alpha value is -2.55. The summed E-state index contributed by atoms with van der Waals surface area (Å²) in [4.78, 5) is 8.45. The molecule has 0 saturated heterocycles. The molecule has 2 rings (SSSR count). The zero-order valence-electron chi connectivity index (χ0n) is 15.1. The van der Waals surface area contributed by atoms with E-state index in [2.05, 4.69) is 29.7 Å². The molecule has 2 atom stereocenters. The average Bonchev–Trinajstić information content (AvgIpc) is 2.61. The van der Waals surface area contributed by atoms with E-state index in [1.807, 2.05) is 62.4 Å². The first-order chi connectivity index (χ1) is 12.1. The van der Waals surface area contributed by atoms with E-state index in [0.29, 0.717) is 17.8 Å². The first kappa shape index (κ1) is 18.8. The van der Waals surface area contributed by atoms with Crippen molar-refractivity contribution < 1.29 is 4.39 Å². The molecular weight excluding hydrogens is 311 g/mol. The molecule has 130 valence electrons. The summed E-state index contributed by atoms with van der Waals surface area (Å²) in [6.45, 7) is 9.61. The van der Waals surface area contributed by atoms with Crippen molar-refractivity contribution in [2.75, 3.05) is 0 Å². The van der Waals surface area contributed by atoms with Gasteiger partial charge >= 0.3 is 0 Å². The van der Waals surface area contributed by atoms with E-state index in [1.54, 1.807) is 6.08 Å². The topological polar surface area (TPSA) is 24.7 Å². The van der Waals surface area contributed by atoms with Crippen LogP contribution in [0.1, 0.15) is 25.8 Å². The molecule has 2 nitrogen and oxygen atoms in total. The van der Waals surface area contributed by atoms with E-state index < -0.39 is 0 Å². The van der Waals surface area contributed by atoms with Gasteiger partial charge in [0.1, 0.15) is 5.83 Å². The van der Waals surface area contributed by atoms with Crippen LogP contribution in [0.3, 0.4) is 0 Å². The van der Waals surface area contributed by atoms with Crippen molar-refractivity contribution in [1.29, 1.82) is 0 Å². The Morgan fingerprint density at radius 3 is 2.72 bits per heavy atom. The molecule has 3 heteroatoms. The van der Waals surface area contributed by atoms with Crippen LogP contribution >= 0.6 is 0 Å². The number of amidine groups is 1. The third-order valence-electron chi connectivity index (χ3n) is 4.34. The predicted molar refractivity (Wildman–Crippen MR) is 106 cm³/mol. The minimum atomic E-state index is -0.182. The monoisotopic (exact) mass is 336 g/mol. The molecule has 0 N–H and O–H groups in total. The normalized spacial score (nSPS) is 19.8. The number of rotatable bonds is 5. The van der Waals surface area contributed by atoms with Gasteiger partial charge in [-0.05, 0) is 44.0 Å². The molecule has 25 heavy (non-hydrogen) atoms. The third kappa shape index (κ3) is 4.96. The Balaban J connectivity index is 2.22. The zero-order chi connectivity index (χ0) is 18.2. The van der Waals surface area contributed by atoms with Crippen molar-refractivity contribution in [3.63, 3.8) is 0 Å². The summed E-state index contributed by atoms with van der Waals surface area (Å²) in [6, 6.07) is 7.71. The van der Waals surface area contributed by atoms with Crippen molar-refractivity contribution in [1.82, 2.24) is 0 Å². The molecule has 0 bridgehead atoms. The number of para-hydroxylation sites is 1. The first-order valence-corrected chi connectivity index (χ1v) is 8.54. The van der Waals surface area contributed by atoms with Crippen LogP contribution in [0.2, 0.25) is 0 Å². The molecule has 1 aliphatic rings. The molecule has 0 fully saturated rings. The van der Waals surface area contributed by atoms with E-state index in [4.69, 9.17) is 0 Å². The maximum absolute atomic E-state index is 14.7. The fourth-order valence-electron chi connectivity index (χ4n) is 2.73. The number of benzene rings is 1. The van der Waals surface area contributed by atoms with Crippen LogP contribution in [-0.4, -0.2) is 12.6 Å². The minimum Gasteiger partial charge on any atom is -0.244 e. The molecule has 0 heterocycles. The van der Waals surface area contributed by atoms with Crippen LogP contribution in [-0.2, 0) is 0 Å². The minimum absolute atomic E-state index is 0.134. The van der Waals surface area contributed by atoms with Crippen LogP contribution in [0.4, 0.5) is 10.1 Å². The molecule has 0 amide bonds. The molecule has 0 radical (unpaired) electrons. The molecule has 0 saturated carbocycles. The van der Waals surface area contributed by atoms with Gasteiger partial charge in [0, 0.05) is 6.42 Å². The van der Waals surface area contributed by atoms with Gasteiger partial charge in [0.05, 0.1) is 11.3 Å². The molecule has 1 unspecified atom stereocenters. The van der Waals surface area contributed by atoms with Crippen molar-refractivity contribution in [2.45, 2.75) is 27.2 Å². The van der Waals surface area contributed by atoms with Crippen LogP contribution in [0, 0.1) is 18.8 Å². The summed E-state index contributed by atoms with van der Waals surface area (Å²) in [5.41, 5.74) is 2.23. The lowest BCUT2D eigenvalue weighted by molar-refractivity contribution is 0.444. The summed E-state index contributed by atoms with van der Waals surface area (Å²) in [7, 11) is 0. The third-order valence-corrected chi connectivity index (χ3v) is 4.34. The summed E-state index contributed by atoms with van der Waals surface area (Å²) in [6.07, 6.45) is 12.2. The number of aliphatic imine (C=N–C) groups is 2. The van der Waals surface area contributed by atoms with Crippen LogP contribution in [0.25, 0.3) is 0 Å². The summed E-state index contributed by atoms with van der Waals surface area (Å²) < 4.78 is 14.7. The van der Waals surface area contributed by atoms with Gasteiger partial charge in [-0.25, -0.2) is 14.4 Å². The molecule has 0 aliphatic heterocycles. The SMILES string of the molecule is C=N/C(=N\c1ccccc1C)C1=C(F)CC([C@H](C)/C=C\C=C/C)C=C1. The standard InChI is InChI=1S/C22H25FN2/c1-5-6-7-10-16(2)18-13-14-19(20(23)15-18)22(24-4)25-21-12-9-8-11-17(21)3/h5-14,16,18H,4,15H2,1-3H3/b6-5-,10-7-,25-22-/t16-,18?/m1/s1. The number of halogens is 1. The van der Waals surface area contributed by atoms with Crippen molar-refractivity contribution in [3.05, 3.63) is 77.7 Å². The fourth-order valence-corrected chi connectivity index (χ4v) is 2.73. The number of nitrogens with zero attached hydrogens (tertiary/aromatic N) is 2. The van der Waals surface area contributed by atoms with E-state index in [-0.39, 0.29) is 17.7 Å². The molecule has 1 aromatic carbocycles. The highest BCUT2D eigenvalue weighted by Gasteiger charge is 2.22. The van der Waals surface area contributed by atoms with Gasteiger partial charge in [0.15, 0.2) is 5.84 Å². The van der Waals surface area contributed by atoms with Gasteiger partial charge in [-0.1, -0.05) is 61.6 Å². The van der Waals surface area contributed by atoms with E-state index in [1.165, 1.54) is 0 Å². The highest BCUT2D eigenvalue weighted by atomic mass is 19.1.